The monoisotopic (exact) mass is 348 g/mol. The van der Waals surface area contributed by atoms with Crippen LogP contribution in [0.4, 0.5) is 0 Å². The van der Waals surface area contributed by atoms with Crippen LogP contribution in [-0.2, 0) is 19.8 Å². The molecule has 0 spiro atoms. The predicted octanol–water partition coefficient (Wildman–Crippen LogP) is 2.14. The van der Waals surface area contributed by atoms with Gasteiger partial charge in [-0.15, -0.1) is 0 Å². The fourth-order valence-corrected chi connectivity index (χ4v) is 1.03. The van der Waals surface area contributed by atoms with Gasteiger partial charge in [-0.2, -0.15) is 0 Å². The first-order valence-corrected chi connectivity index (χ1v) is 3.79. The molecule has 0 aliphatic carbocycles. The van der Waals surface area contributed by atoms with Crippen LogP contribution in [0.3, 0.4) is 0 Å². The van der Waals surface area contributed by atoms with Crippen molar-refractivity contribution < 1.29 is 19.8 Å². The zero-order chi connectivity index (χ0) is 8.23. The average molecular weight is 346 g/mol. The molecule has 0 saturated heterocycles. The van der Waals surface area contributed by atoms with E-state index in [0.717, 1.165) is 11.4 Å². The Morgan fingerprint density at radius 3 is 1.46 bits per heavy atom. The van der Waals surface area contributed by atoms with Gasteiger partial charge < -0.3 is 0 Å². The van der Waals surface area contributed by atoms with E-state index in [1.165, 1.54) is 0 Å². The van der Waals surface area contributed by atoms with Crippen LogP contribution >= 0.6 is 0 Å². The van der Waals surface area contributed by atoms with Crippen LogP contribution in [0.5, 0.6) is 0 Å². The van der Waals surface area contributed by atoms with Gasteiger partial charge in [0.05, 0.1) is 11.4 Å². The first kappa shape index (κ1) is 10.0. The molecule has 0 fully saturated rings. The van der Waals surface area contributed by atoms with Gasteiger partial charge in [-0.3, -0.25) is 9.97 Å². The summed E-state index contributed by atoms with van der Waals surface area (Å²) >= 11 is 0. The Labute approximate surface area is 90.1 Å². The topological polar surface area (TPSA) is 25.8 Å². The van der Waals surface area contributed by atoms with Crippen molar-refractivity contribution in [1.29, 1.82) is 0 Å². The second kappa shape index (κ2) is 4.84. The predicted molar refractivity (Wildman–Crippen MR) is 47.5 cm³/mol. The van der Waals surface area contributed by atoms with Gasteiger partial charge in [0, 0.05) is 32.2 Å². The third-order valence-electron chi connectivity index (χ3n) is 1.59. The standard InChI is InChI=1S/C10H8N2.Os/c1-3-7-11-9(5-1)10-6-2-4-8-12-10;/h1-8H;. The van der Waals surface area contributed by atoms with E-state index >= 15 is 0 Å². The van der Waals surface area contributed by atoms with Gasteiger partial charge in [0.25, 0.3) is 0 Å². The van der Waals surface area contributed by atoms with Crippen molar-refractivity contribution >= 4 is 0 Å². The van der Waals surface area contributed by atoms with E-state index in [-0.39, 0.29) is 19.8 Å². The first-order valence-electron chi connectivity index (χ1n) is 3.79. The number of pyridine rings is 2. The summed E-state index contributed by atoms with van der Waals surface area (Å²) in [5.41, 5.74) is 1.83. The molecule has 3 heteroatoms. The quantitative estimate of drug-likeness (QED) is 0.791. The molecular formula is C10H8N2Os. The van der Waals surface area contributed by atoms with Gasteiger partial charge >= 0.3 is 0 Å². The zero-order valence-corrected chi connectivity index (χ0v) is 9.41. The maximum atomic E-state index is 4.19. The summed E-state index contributed by atoms with van der Waals surface area (Å²) in [5, 5.41) is 0. The molecule has 0 aromatic carbocycles. The Hall–Kier alpha value is -1.06. The molecule has 0 aliphatic heterocycles. The molecular weight excluding hydrogens is 338 g/mol. The summed E-state index contributed by atoms with van der Waals surface area (Å²) in [6, 6.07) is 11.6. The van der Waals surface area contributed by atoms with E-state index in [9.17, 15) is 0 Å². The van der Waals surface area contributed by atoms with E-state index < -0.39 is 0 Å². The largest absolute Gasteiger partial charge is 0.255 e. The van der Waals surface area contributed by atoms with Gasteiger partial charge in [-0.1, -0.05) is 12.1 Å². The number of hydrogen-bond acceptors (Lipinski definition) is 2. The Morgan fingerprint density at radius 1 is 0.692 bits per heavy atom. The minimum absolute atomic E-state index is 0. The van der Waals surface area contributed by atoms with Gasteiger partial charge in [-0.05, 0) is 24.3 Å². The molecule has 2 aromatic rings. The fourth-order valence-electron chi connectivity index (χ4n) is 1.03. The Morgan fingerprint density at radius 2 is 1.15 bits per heavy atom. The van der Waals surface area contributed by atoms with Crippen LogP contribution < -0.4 is 0 Å². The molecule has 0 amide bonds. The van der Waals surface area contributed by atoms with Crippen molar-refractivity contribution in [2.75, 3.05) is 0 Å². The smallest absolute Gasteiger partial charge is 0.0886 e. The molecule has 2 rings (SSSR count). The maximum absolute atomic E-state index is 4.19. The van der Waals surface area contributed by atoms with Crippen molar-refractivity contribution in [3.63, 3.8) is 0 Å². The van der Waals surface area contributed by atoms with E-state index in [0.29, 0.717) is 0 Å². The molecule has 0 unspecified atom stereocenters. The molecule has 2 aromatic heterocycles. The molecule has 0 bridgehead atoms. The van der Waals surface area contributed by atoms with Crippen molar-refractivity contribution in [2.24, 2.45) is 0 Å². The van der Waals surface area contributed by atoms with Crippen LogP contribution in [-0.4, -0.2) is 9.97 Å². The Kier molecular flexibility index (Phi) is 3.73. The second-order valence-corrected chi connectivity index (χ2v) is 2.43. The van der Waals surface area contributed by atoms with Crippen molar-refractivity contribution in [3.05, 3.63) is 48.8 Å². The van der Waals surface area contributed by atoms with Crippen LogP contribution in [0, 0.1) is 0 Å². The van der Waals surface area contributed by atoms with Gasteiger partial charge in [0.2, 0.25) is 0 Å². The van der Waals surface area contributed by atoms with Crippen molar-refractivity contribution in [1.82, 2.24) is 9.97 Å². The zero-order valence-electron chi connectivity index (χ0n) is 6.87. The molecule has 13 heavy (non-hydrogen) atoms. The molecule has 0 aliphatic rings. The van der Waals surface area contributed by atoms with Gasteiger partial charge in [-0.25, -0.2) is 0 Å². The number of rotatable bonds is 1. The molecule has 2 heterocycles. The third kappa shape index (κ3) is 2.44. The first-order chi connectivity index (χ1) is 5.97. The molecule has 0 N–H and O–H groups in total. The maximum Gasteiger partial charge on any atom is 0.0886 e. The summed E-state index contributed by atoms with van der Waals surface area (Å²) in [4.78, 5) is 8.37. The van der Waals surface area contributed by atoms with E-state index in [4.69, 9.17) is 0 Å². The fraction of sp³-hybridized carbons (Fsp3) is 0. The van der Waals surface area contributed by atoms with Gasteiger partial charge in [0.1, 0.15) is 0 Å². The normalized spacial score (nSPS) is 8.92. The SMILES string of the molecule is [Os].c1ccc(-c2ccccn2)nc1. The molecule has 0 saturated carbocycles. The van der Waals surface area contributed by atoms with Gasteiger partial charge in [0.15, 0.2) is 0 Å². The number of nitrogens with zero attached hydrogens (tertiary/aromatic N) is 2. The minimum Gasteiger partial charge on any atom is -0.255 e. The van der Waals surface area contributed by atoms with Crippen LogP contribution in [0.1, 0.15) is 0 Å². The van der Waals surface area contributed by atoms with Crippen molar-refractivity contribution in [3.8, 4) is 11.4 Å². The Balaban J connectivity index is 0.000000845. The molecule has 0 atom stereocenters. The minimum atomic E-state index is 0. The molecule has 66 valence electrons. The second-order valence-electron chi connectivity index (χ2n) is 2.43. The summed E-state index contributed by atoms with van der Waals surface area (Å²) in [6.45, 7) is 0. The third-order valence-corrected chi connectivity index (χ3v) is 1.59. The van der Waals surface area contributed by atoms with Crippen molar-refractivity contribution in [2.45, 2.75) is 0 Å². The molecule has 2 nitrogen and oxygen atoms in total. The van der Waals surface area contributed by atoms with E-state index in [1.54, 1.807) is 12.4 Å². The number of hydrogen-bond donors (Lipinski definition) is 0. The molecule has 0 radical (unpaired) electrons. The summed E-state index contributed by atoms with van der Waals surface area (Å²) in [7, 11) is 0. The van der Waals surface area contributed by atoms with Crippen LogP contribution in [0.15, 0.2) is 48.8 Å². The van der Waals surface area contributed by atoms with E-state index in [1.807, 2.05) is 36.4 Å². The number of aromatic nitrogens is 2. The summed E-state index contributed by atoms with van der Waals surface area (Å²) in [5.74, 6) is 0. The van der Waals surface area contributed by atoms with Crippen LogP contribution in [0.2, 0.25) is 0 Å². The van der Waals surface area contributed by atoms with E-state index in [2.05, 4.69) is 9.97 Å². The van der Waals surface area contributed by atoms with Crippen LogP contribution in [0.25, 0.3) is 11.4 Å². The average Bonchev–Trinajstić information content (AvgIpc) is 2.21. The summed E-state index contributed by atoms with van der Waals surface area (Å²) in [6.07, 6.45) is 3.54. The summed E-state index contributed by atoms with van der Waals surface area (Å²) < 4.78 is 0. The Bertz CT molecular complexity index is 310.